The molecular weight excluding hydrogens is 318 g/mol. The fourth-order valence-electron chi connectivity index (χ4n) is 1.95. The van der Waals surface area contributed by atoms with Crippen molar-refractivity contribution in [3.05, 3.63) is 52.5 Å². The summed E-state index contributed by atoms with van der Waals surface area (Å²) >= 11 is 3.53. The van der Waals surface area contributed by atoms with Gasteiger partial charge in [0.1, 0.15) is 5.75 Å². The SMILES string of the molecule is COc1ccccc1Oc1ccc(CC(C)N)cc1Br. The van der Waals surface area contributed by atoms with E-state index in [-0.39, 0.29) is 6.04 Å². The zero-order valence-corrected chi connectivity index (χ0v) is 13.2. The van der Waals surface area contributed by atoms with Crippen LogP contribution in [-0.4, -0.2) is 13.2 Å². The molecule has 20 heavy (non-hydrogen) atoms. The first kappa shape index (κ1) is 14.9. The Morgan fingerprint density at radius 3 is 2.40 bits per heavy atom. The van der Waals surface area contributed by atoms with E-state index in [1.54, 1.807) is 7.11 Å². The summed E-state index contributed by atoms with van der Waals surface area (Å²) in [6.07, 6.45) is 0.841. The first-order valence-corrected chi connectivity index (χ1v) is 7.24. The molecule has 0 aliphatic rings. The highest BCUT2D eigenvalue weighted by Gasteiger charge is 2.08. The van der Waals surface area contributed by atoms with Gasteiger partial charge in [-0.05, 0) is 59.1 Å². The summed E-state index contributed by atoms with van der Waals surface area (Å²) in [5.74, 6) is 2.15. The Labute approximate surface area is 127 Å². The molecule has 0 aromatic heterocycles. The summed E-state index contributed by atoms with van der Waals surface area (Å²) in [5, 5.41) is 0. The number of hydrogen-bond donors (Lipinski definition) is 1. The summed E-state index contributed by atoms with van der Waals surface area (Å²) < 4.78 is 12.1. The lowest BCUT2D eigenvalue weighted by Crippen LogP contribution is -2.17. The molecule has 0 fully saturated rings. The molecule has 0 spiro atoms. The molecule has 2 aromatic rings. The van der Waals surface area contributed by atoms with Gasteiger partial charge in [-0.25, -0.2) is 0 Å². The van der Waals surface area contributed by atoms with Gasteiger partial charge in [0.15, 0.2) is 11.5 Å². The van der Waals surface area contributed by atoms with Crippen LogP contribution in [0.15, 0.2) is 46.9 Å². The number of methoxy groups -OCH3 is 1. The Kier molecular flexibility index (Phi) is 5.04. The number of hydrogen-bond acceptors (Lipinski definition) is 3. The first-order chi connectivity index (χ1) is 9.60. The van der Waals surface area contributed by atoms with Crippen molar-refractivity contribution >= 4 is 15.9 Å². The smallest absolute Gasteiger partial charge is 0.169 e. The Morgan fingerprint density at radius 1 is 1.10 bits per heavy atom. The molecule has 0 saturated heterocycles. The Bertz CT molecular complexity index is 584. The van der Waals surface area contributed by atoms with E-state index in [9.17, 15) is 0 Å². The van der Waals surface area contributed by atoms with Crippen LogP contribution in [0.3, 0.4) is 0 Å². The average molecular weight is 336 g/mol. The molecule has 106 valence electrons. The molecule has 3 nitrogen and oxygen atoms in total. The van der Waals surface area contributed by atoms with Gasteiger partial charge in [-0.15, -0.1) is 0 Å². The normalized spacial score (nSPS) is 12.0. The zero-order chi connectivity index (χ0) is 14.5. The van der Waals surface area contributed by atoms with Crippen LogP contribution < -0.4 is 15.2 Å². The van der Waals surface area contributed by atoms with Gasteiger partial charge < -0.3 is 15.2 Å². The first-order valence-electron chi connectivity index (χ1n) is 6.45. The van der Waals surface area contributed by atoms with E-state index in [0.29, 0.717) is 11.5 Å². The molecule has 2 N–H and O–H groups in total. The fraction of sp³-hybridized carbons (Fsp3) is 0.250. The van der Waals surface area contributed by atoms with E-state index < -0.39 is 0 Å². The van der Waals surface area contributed by atoms with Gasteiger partial charge in [-0.3, -0.25) is 0 Å². The van der Waals surface area contributed by atoms with Gasteiger partial charge in [0.05, 0.1) is 11.6 Å². The molecule has 0 aliphatic carbocycles. The minimum absolute atomic E-state index is 0.142. The molecule has 0 saturated carbocycles. The summed E-state index contributed by atoms with van der Waals surface area (Å²) in [6, 6.07) is 13.7. The van der Waals surface area contributed by atoms with Crippen molar-refractivity contribution < 1.29 is 9.47 Å². The molecule has 0 heterocycles. The maximum absolute atomic E-state index is 5.89. The minimum atomic E-state index is 0.142. The summed E-state index contributed by atoms with van der Waals surface area (Å²) in [5.41, 5.74) is 6.99. The maximum atomic E-state index is 5.89. The molecule has 1 atom stereocenters. The molecule has 0 amide bonds. The van der Waals surface area contributed by atoms with Crippen LogP contribution in [0, 0.1) is 0 Å². The topological polar surface area (TPSA) is 44.5 Å². The molecule has 0 bridgehead atoms. The van der Waals surface area contributed by atoms with E-state index in [0.717, 1.165) is 16.6 Å². The number of rotatable bonds is 5. The van der Waals surface area contributed by atoms with Crippen molar-refractivity contribution in [2.75, 3.05) is 7.11 Å². The quantitative estimate of drug-likeness (QED) is 0.892. The molecule has 0 aliphatic heterocycles. The maximum Gasteiger partial charge on any atom is 0.169 e. The van der Waals surface area contributed by atoms with Crippen molar-refractivity contribution in [3.8, 4) is 17.2 Å². The van der Waals surface area contributed by atoms with E-state index in [2.05, 4.69) is 15.9 Å². The van der Waals surface area contributed by atoms with Crippen molar-refractivity contribution in [1.29, 1.82) is 0 Å². The van der Waals surface area contributed by atoms with Crippen molar-refractivity contribution in [2.45, 2.75) is 19.4 Å². The number of nitrogens with two attached hydrogens (primary N) is 1. The van der Waals surface area contributed by atoms with Crippen molar-refractivity contribution in [3.63, 3.8) is 0 Å². The predicted molar refractivity (Wildman–Crippen MR) is 84.6 cm³/mol. The van der Waals surface area contributed by atoms with Crippen LogP contribution in [0.2, 0.25) is 0 Å². The summed E-state index contributed by atoms with van der Waals surface area (Å²) in [7, 11) is 1.63. The van der Waals surface area contributed by atoms with E-state index in [4.69, 9.17) is 15.2 Å². The molecule has 0 radical (unpaired) electrons. The van der Waals surface area contributed by atoms with Gasteiger partial charge in [-0.2, -0.15) is 0 Å². The second-order valence-corrected chi connectivity index (χ2v) is 5.55. The highest BCUT2D eigenvalue weighted by atomic mass is 79.9. The van der Waals surface area contributed by atoms with Crippen LogP contribution >= 0.6 is 15.9 Å². The van der Waals surface area contributed by atoms with Crippen LogP contribution in [0.4, 0.5) is 0 Å². The minimum Gasteiger partial charge on any atom is -0.493 e. The molecule has 4 heteroatoms. The lowest BCUT2D eigenvalue weighted by atomic mass is 10.1. The number of halogens is 1. The molecule has 2 rings (SSSR count). The number of benzene rings is 2. The van der Waals surface area contributed by atoms with Gasteiger partial charge in [0.25, 0.3) is 0 Å². The highest BCUT2D eigenvalue weighted by Crippen LogP contribution is 2.35. The third-order valence-corrected chi connectivity index (χ3v) is 3.46. The second-order valence-electron chi connectivity index (χ2n) is 4.70. The largest absolute Gasteiger partial charge is 0.493 e. The third-order valence-electron chi connectivity index (χ3n) is 2.84. The van der Waals surface area contributed by atoms with E-state index in [1.807, 2.05) is 49.4 Å². The van der Waals surface area contributed by atoms with Gasteiger partial charge in [-0.1, -0.05) is 18.2 Å². The lowest BCUT2D eigenvalue weighted by molar-refractivity contribution is 0.378. The average Bonchev–Trinajstić information content (AvgIpc) is 2.42. The monoisotopic (exact) mass is 335 g/mol. The second kappa shape index (κ2) is 6.77. The number of ether oxygens (including phenoxy) is 2. The Hall–Kier alpha value is -1.52. The standard InChI is InChI=1S/C16H18BrNO2/c1-11(18)9-12-7-8-14(13(17)10-12)20-16-6-4-3-5-15(16)19-2/h3-8,10-11H,9,18H2,1-2H3. The van der Waals surface area contributed by atoms with Gasteiger partial charge in [0.2, 0.25) is 0 Å². The molecular formula is C16H18BrNO2. The van der Waals surface area contributed by atoms with Crippen LogP contribution in [-0.2, 0) is 6.42 Å². The van der Waals surface area contributed by atoms with E-state index >= 15 is 0 Å². The molecule has 2 aromatic carbocycles. The highest BCUT2D eigenvalue weighted by molar-refractivity contribution is 9.10. The van der Waals surface area contributed by atoms with Crippen LogP contribution in [0.1, 0.15) is 12.5 Å². The van der Waals surface area contributed by atoms with Crippen molar-refractivity contribution in [1.82, 2.24) is 0 Å². The summed E-state index contributed by atoms with van der Waals surface area (Å²) in [4.78, 5) is 0. The third kappa shape index (κ3) is 3.74. The van der Waals surface area contributed by atoms with E-state index in [1.165, 1.54) is 5.56 Å². The number of para-hydroxylation sites is 2. The van der Waals surface area contributed by atoms with Crippen LogP contribution in [0.25, 0.3) is 0 Å². The Morgan fingerprint density at radius 2 is 1.80 bits per heavy atom. The molecule has 1 unspecified atom stereocenters. The Balaban J connectivity index is 2.21. The van der Waals surface area contributed by atoms with Crippen molar-refractivity contribution in [2.24, 2.45) is 5.73 Å². The van der Waals surface area contributed by atoms with Gasteiger partial charge in [0, 0.05) is 6.04 Å². The lowest BCUT2D eigenvalue weighted by Gasteiger charge is -2.12. The van der Waals surface area contributed by atoms with Gasteiger partial charge >= 0.3 is 0 Å². The summed E-state index contributed by atoms with van der Waals surface area (Å²) in [6.45, 7) is 1.99. The predicted octanol–water partition coefficient (Wildman–Crippen LogP) is 4.14. The van der Waals surface area contributed by atoms with Crippen LogP contribution in [0.5, 0.6) is 17.2 Å². The fourth-order valence-corrected chi connectivity index (χ4v) is 2.45. The zero-order valence-electron chi connectivity index (χ0n) is 11.6.